The molecule has 5 nitrogen and oxygen atoms in total. The number of likely N-dealkylation sites (tertiary alicyclic amines) is 1. The molecule has 3 N–H and O–H groups in total. The summed E-state index contributed by atoms with van der Waals surface area (Å²) in [6, 6.07) is 0.586. The van der Waals surface area contributed by atoms with Crippen LogP contribution in [0.2, 0.25) is 0 Å². The number of rotatable bonds is 4. The molecule has 0 unspecified atom stereocenters. The van der Waals surface area contributed by atoms with Crippen molar-refractivity contribution >= 4 is 11.8 Å². The van der Waals surface area contributed by atoms with Crippen LogP contribution in [-0.2, 0) is 9.59 Å². The fourth-order valence-electron chi connectivity index (χ4n) is 4.63. The zero-order valence-electron chi connectivity index (χ0n) is 14.8. The lowest BCUT2D eigenvalue weighted by atomic mass is 9.92. The van der Waals surface area contributed by atoms with Gasteiger partial charge in [-0.1, -0.05) is 25.7 Å². The molecule has 0 bridgehead atoms. The number of piperidine rings is 1. The maximum absolute atomic E-state index is 12.5. The maximum Gasteiger partial charge on any atom is 0.223 e. The number of nitrogens with one attached hydrogen (secondary N) is 1. The minimum absolute atomic E-state index is 0.0877. The largest absolute Gasteiger partial charge is 0.353 e. The molecule has 0 aromatic rings. The lowest BCUT2D eigenvalue weighted by molar-refractivity contribution is -0.136. The van der Waals surface area contributed by atoms with E-state index in [1.54, 1.807) is 0 Å². The Labute approximate surface area is 145 Å². The molecule has 5 heteroatoms. The molecule has 2 aliphatic carbocycles. The number of nitrogens with zero attached hydrogens (tertiary/aromatic N) is 1. The Hall–Kier alpha value is -1.10. The predicted octanol–water partition coefficient (Wildman–Crippen LogP) is 2.19. The number of hydrogen-bond acceptors (Lipinski definition) is 3. The van der Waals surface area contributed by atoms with Crippen LogP contribution in [-0.4, -0.2) is 41.9 Å². The molecule has 0 spiro atoms. The van der Waals surface area contributed by atoms with Gasteiger partial charge in [0.05, 0.1) is 0 Å². The van der Waals surface area contributed by atoms with Gasteiger partial charge in [-0.15, -0.1) is 0 Å². The van der Waals surface area contributed by atoms with Gasteiger partial charge in [0.15, 0.2) is 0 Å². The van der Waals surface area contributed by atoms with Crippen LogP contribution in [0.4, 0.5) is 0 Å². The van der Waals surface area contributed by atoms with Gasteiger partial charge in [0.25, 0.3) is 0 Å². The Morgan fingerprint density at radius 2 is 1.62 bits per heavy atom. The number of carbonyl (C=O) groups is 2. The fourth-order valence-corrected chi connectivity index (χ4v) is 4.63. The molecule has 0 aromatic carbocycles. The Morgan fingerprint density at radius 3 is 2.25 bits per heavy atom. The molecule has 2 amide bonds. The smallest absolute Gasteiger partial charge is 0.223 e. The summed E-state index contributed by atoms with van der Waals surface area (Å²) >= 11 is 0. The van der Waals surface area contributed by atoms with Gasteiger partial charge in [-0.25, -0.2) is 0 Å². The quantitative estimate of drug-likeness (QED) is 0.827. The van der Waals surface area contributed by atoms with Gasteiger partial charge in [0.1, 0.15) is 0 Å². The second-order valence-electron chi connectivity index (χ2n) is 8.06. The van der Waals surface area contributed by atoms with Crippen molar-refractivity contribution in [2.24, 2.45) is 17.6 Å². The van der Waals surface area contributed by atoms with Gasteiger partial charge < -0.3 is 16.0 Å². The summed E-state index contributed by atoms with van der Waals surface area (Å²) in [7, 11) is 0. The van der Waals surface area contributed by atoms with E-state index in [4.69, 9.17) is 5.73 Å². The van der Waals surface area contributed by atoms with E-state index in [0.29, 0.717) is 18.4 Å². The Kier molecular flexibility index (Phi) is 6.14. The summed E-state index contributed by atoms with van der Waals surface area (Å²) in [5.41, 5.74) is 6.08. The van der Waals surface area contributed by atoms with Crippen LogP contribution in [0.3, 0.4) is 0 Å². The monoisotopic (exact) mass is 335 g/mol. The summed E-state index contributed by atoms with van der Waals surface area (Å²) < 4.78 is 0. The molecule has 3 rings (SSSR count). The van der Waals surface area contributed by atoms with E-state index in [0.717, 1.165) is 58.0 Å². The van der Waals surface area contributed by atoms with Crippen molar-refractivity contribution in [1.82, 2.24) is 10.2 Å². The molecule has 0 aromatic heterocycles. The average molecular weight is 335 g/mol. The van der Waals surface area contributed by atoms with Gasteiger partial charge in [-0.2, -0.15) is 0 Å². The van der Waals surface area contributed by atoms with Crippen LogP contribution in [0.25, 0.3) is 0 Å². The summed E-state index contributed by atoms with van der Waals surface area (Å²) in [5.74, 6) is 0.907. The van der Waals surface area contributed by atoms with E-state index in [2.05, 4.69) is 5.32 Å². The first-order chi connectivity index (χ1) is 11.6. The molecule has 1 aliphatic heterocycles. The van der Waals surface area contributed by atoms with Crippen LogP contribution in [0.15, 0.2) is 0 Å². The van der Waals surface area contributed by atoms with Crippen molar-refractivity contribution in [3.05, 3.63) is 0 Å². The first-order valence-corrected chi connectivity index (χ1v) is 9.97. The molecular formula is C19H33N3O2. The van der Waals surface area contributed by atoms with Crippen LogP contribution in [0, 0.1) is 11.8 Å². The highest BCUT2D eigenvalue weighted by Crippen LogP contribution is 2.28. The van der Waals surface area contributed by atoms with Gasteiger partial charge >= 0.3 is 0 Å². The average Bonchev–Trinajstić information content (AvgIpc) is 3.00. The van der Waals surface area contributed by atoms with E-state index in [-0.39, 0.29) is 23.8 Å². The highest BCUT2D eigenvalue weighted by Gasteiger charge is 2.31. The Morgan fingerprint density at radius 1 is 0.917 bits per heavy atom. The lowest BCUT2D eigenvalue weighted by Crippen LogP contribution is -2.46. The number of amides is 2. The molecule has 1 saturated heterocycles. The lowest BCUT2D eigenvalue weighted by Gasteiger charge is -2.33. The van der Waals surface area contributed by atoms with Crippen molar-refractivity contribution < 1.29 is 9.59 Å². The maximum atomic E-state index is 12.5. The minimum Gasteiger partial charge on any atom is -0.353 e. The first kappa shape index (κ1) is 17.7. The van der Waals surface area contributed by atoms with Gasteiger partial charge in [0.2, 0.25) is 11.8 Å². The van der Waals surface area contributed by atoms with Gasteiger partial charge in [-0.3, -0.25) is 9.59 Å². The van der Waals surface area contributed by atoms with E-state index < -0.39 is 0 Å². The zero-order chi connectivity index (χ0) is 16.9. The Balaban J connectivity index is 1.40. The number of carbonyl (C=O) groups excluding carboxylic acids is 2. The van der Waals surface area contributed by atoms with Crippen LogP contribution in [0.5, 0.6) is 0 Å². The standard InChI is InChI=1S/C19H33N3O2/c20-17-8-4-5-15(17)13-18(23)22-11-9-14(10-12-22)19(24)21-16-6-2-1-3-7-16/h14-17H,1-13,20H2,(H,21,24)/t15-,17+/m0/s1. The number of nitrogens with two attached hydrogens (primary N) is 1. The topological polar surface area (TPSA) is 75.4 Å². The van der Waals surface area contributed by atoms with Crippen LogP contribution >= 0.6 is 0 Å². The molecular weight excluding hydrogens is 302 g/mol. The summed E-state index contributed by atoms with van der Waals surface area (Å²) in [6.45, 7) is 1.45. The van der Waals surface area contributed by atoms with Gasteiger partial charge in [0, 0.05) is 37.5 Å². The SMILES string of the molecule is N[C@@H]1CCC[C@H]1CC(=O)N1CCC(C(=O)NC2CCCCC2)CC1. The summed E-state index contributed by atoms with van der Waals surface area (Å²) in [4.78, 5) is 26.9. The molecule has 24 heavy (non-hydrogen) atoms. The number of hydrogen-bond donors (Lipinski definition) is 2. The summed E-state index contributed by atoms with van der Waals surface area (Å²) in [5, 5.41) is 3.24. The van der Waals surface area contributed by atoms with Crippen molar-refractivity contribution in [2.45, 2.75) is 82.7 Å². The van der Waals surface area contributed by atoms with Crippen LogP contribution < -0.4 is 11.1 Å². The molecule has 3 aliphatic rings. The highest BCUT2D eigenvalue weighted by molar-refractivity contribution is 5.80. The van der Waals surface area contributed by atoms with E-state index in [1.807, 2.05) is 4.90 Å². The normalized spacial score (nSPS) is 29.6. The molecule has 0 radical (unpaired) electrons. The second-order valence-corrected chi connectivity index (χ2v) is 8.06. The molecule has 136 valence electrons. The van der Waals surface area contributed by atoms with E-state index in [1.165, 1.54) is 19.3 Å². The predicted molar refractivity (Wildman–Crippen MR) is 94.3 cm³/mol. The van der Waals surface area contributed by atoms with E-state index >= 15 is 0 Å². The third-order valence-corrected chi connectivity index (χ3v) is 6.32. The zero-order valence-corrected chi connectivity index (χ0v) is 14.8. The molecule has 2 atom stereocenters. The molecule has 3 fully saturated rings. The molecule has 1 heterocycles. The highest BCUT2D eigenvalue weighted by atomic mass is 16.2. The third-order valence-electron chi connectivity index (χ3n) is 6.32. The third kappa shape index (κ3) is 4.50. The van der Waals surface area contributed by atoms with Crippen molar-refractivity contribution in [1.29, 1.82) is 0 Å². The second kappa shape index (κ2) is 8.32. The fraction of sp³-hybridized carbons (Fsp3) is 0.895. The van der Waals surface area contributed by atoms with Crippen molar-refractivity contribution in [2.75, 3.05) is 13.1 Å². The Bertz CT molecular complexity index is 440. The molecule has 2 saturated carbocycles. The van der Waals surface area contributed by atoms with Crippen molar-refractivity contribution in [3.8, 4) is 0 Å². The van der Waals surface area contributed by atoms with Gasteiger partial charge in [-0.05, 0) is 44.4 Å². The minimum atomic E-state index is 0.0877. The van der Waals surface area contributed by atoms with E-state index in [9.17, 15) is 9.59 Å². The first-order valence-electron chi connectivity index (χ1n) is 9.97. The van der Waals surface area contributed by atoms with Crippen LogP contribution in [0.1, 0.15) is 70.6 Å². The summed E-state index contributed by atoms with van der Waals surface area (Å²) in [6.07, 6.45) is 11.6. The van der Waals surface area contributed by atoms with Crippen molar-refractivity contribution in [3.63, 3.8) is 0 Å².